The highest BCUT2D eigenvalue weighted by atomic mass is 16.3. The molecule has 1 saturated carbocycles. The second-order valence-corrected chi connectivity index (χ2v) is 10.9. The van der Waals surface area contributed by atoms with E-state index in [0.717, 1.165) is 5.56 Å². The van der Waals surface area contributed by atoms with Crippen molar-refractivity contribution in [1.82, 2.24) is 5.32 Å². The van der Waals surface area contributed by atoms with Crippen LogP contribution < -0.4 is 5.32 Å². The molecule has 1 amide bonds. The highest BCUT2D eigenvalue weighted by Crippen LogP contribution is 2.57. The maximum atomic E-state index is 14.0. The Hall–Kier alpha value is -2.24. The molecule has 8 atom stereocenters. The van der Waals surface area contributed by atoms with Gasteiger partial charge in [-0.2, -0.15) is 0 Å². The zero-order valence-electron chi connectivity index (χ0n) is 20.0. The van der Waals surface area contributed by atoms with Gasteiger partial charge in [0.25, 0.3) is 0 Å². The van der Waals surface area contributed by atoms with Crippen molar-refractivity contribution in [1.29, 1.82) is 0 Å². The molecule has 0 aromatic heterocycles. The van der Waals surface area contributed by atoms with Crippen LogP contribution in [-0.4, -0.2) is 39.7 Å². The number of hydrogen-bond acceptors (Lipinski definition) is 4. The van der Waals surface area contributed by atoms with Gasteiger partial charge in [-0.1, -0.05) is 62.9 Å². The number of carbonyl (C=O) groups is 2. The van der Waals surface area contributed by atoms with Crippen molar-refractivity contribution in [2.24, 2.45) is 29.1 Å². The summed E-state index contributed by atoms with van der Waals surface area (Å²) in [6.45, 7) is 10.0. The summed E-state index contributed by atoms with van der Waals surface area (Å²) in [7, 11) is 0. The molecule has 2 fully saturated rings. The van der Waals surface area contributed by atoms with Crippen molar-refractivity contribution in [3.63, 3.8) is 0 Å². The molecule has 1 heterocycles. The molecular weight excluding hydrogens is 414 g/mol. The van der Waals surface area contributed by atoms with Gasteiger partial charge in [0, 0.05) is 24.3 Å². The van der Waals surface area contributed by atoms with Gasteiger partial charge in [-0.25, -0.2) is 0 Å². The topological polar surface area (TPSA) is 86.6 Å². The summed E-state index contributed by atoms with van der Waals surface area (Å²) >= 11 is 0. The van der Waals surface area contributed by atoms with Gasteiger partial charge in [0.05, 0.1) is 11.7 Å². The minimum absolute atomic E-state index is 0.109. The number of allylic oxidation sites excluding steroid dienone is 1. The average Bonchev–Trinajstić information content (AvgIpc) is 3.04. The largest absolute Gasteiger partial charge is 0.390 e. The molecule has 0 bridgehead atoms. The van der Waals surface area contributed by atoms with Crippen LogP contribution in [0.4, 0.5) is 0 Å². The molecule has 33 heavy (non-hydrogen) atoms. The van der Waals surface area contributed by atoms with Crippen molar-refractivity contribution >= 4 is 11.7 Å². The molecule has 4 rings (SSSR count). The van der Waals surface area contributed by atoms with Crippen LogP contribution >= 0.6 is 0 Å². The second kappa shape index (κ2) is 8.84. The van der Waals surface area contributed by atoms with Crippen molar-refractivity contribution in [3.05, 3.63) is 60.2 Å². The Kier molecular flexibility index (Phi) is 6.41. The predicted molar refractivity (Wildman–Crippen MR) is 128 cm³/mol. The molecule has 1 unspecified atom stereocenters. The summed E-state index contributed by atoms with van der Waals surface area (Å²) in [6.07, 6.45) is 5.23. The summed E-state index contributed by atoms with van der Waals surface area (Å²) in [4.78, 5) is 27.8. The van der Waals surface area contributed by atoms with Gasteiger partial charge in [0.1, 0.15) is 11.2 Å². The Morgan fingerprint density at radius 2 is 1.88 bits per heavy atom. The molecule has 1 aromatic carbocycles. The molecule has 178 valence electrons. The maximum Gasteiger partial charge on any atom is 0.235 e. The van der Waals surface area contributed by atoms with Crippen LogP contribution in [0.15, 0.2) is 54.6 Å². The number of carbonyl (C=O) groups excluding carboxylic acids is 2. The second-order valence-electron chi connectivity index (χ2n) is 10.9. The lowest BCUT2D eigenvalue weighted by molar-refractivity contribution is -0.152. The first-order chi connectivity index (χ1) is 15.6. The van der Waals surface area contributed by atoms with Crippen LogP contribution in [0.5, 0.6) is 0 Å². The summed E-state index contributed by atoms with van der Waals surface area (Å²) in [5.74, 6) is -1.42. The fraction of sp³-hybridized carbons (Fsp3) is 0.571. The van der Waals surface area contributed by atoms with Crippen LogP contribution in [0.25, 0.3) is 0 Å². The van der Waals surface area contributed by atoms with Crippen molar-refractivity contribution in [2.75, 3.05) is 0 Å². The molecular formula is C28H37NO4. The Morgan fingerprint density at radius 3 is 2.58 bits per heavy atom. The Balaban J connectivity index is 1.82. The third kappa shape index (κ3) is 4.10. The first-order valence-electron chi connectivity index (χ1n) is 12.2. The van der Waals surface area contributed by atoms with Gasteiger partial charge >= 0.3 is 0 Å². The normalized spacial score (nSPS) is 42.6. The first-order valence-corrected chi connectivity index (χ1v) is 12.2. The summed E-state index contributed by atoms with van der Waals surface area (Å²) < 4.78 is 0. The number of Topliss-reactive ketones (excluding diaryl/α,β-unsaturated/α-hetero) is 1. The van der Waals surface area contributed by atoms with E-state index < -0.39 is 23.0 Å². The maximum absolute atomic E-state index is 14.0. The minimum Gasteiger partial charge on any atom is -0.390 e. The number of aliphatic hydroxyl groups excluding tert-OH is 1. The highest BCUT2D eigenvalue weighted by molar-refractivity contribution is 6.09. The third-order valence-corrected chi connectivity index (χ3v) is 8.34. The molecule has 3 aliphatic rings. The molecule has 0 radical (unpaired) electrons. The van der Waals surface area contributed by atoms with E-state index in [2.05, 4.69) is 18.8 Å². The van der Waals surface area contributed by atoms with E-state index in [1.54, 1.807) is 6.92 Å². The van der Waals surface area contributed by atoms with E-state index in [1.165, 1.54) is 0 Å². The highest BCUT2D eigenvalue weighted by Gasteiger charge is 2.68. The number of rotatable bonds is 2. The molecule has 2 aliphatic carbocycles. The van der Waals surface area contributed by atoms with Crippen LogP contribution in [0, 0.1) is 29.1 Å². The molecule has 1 aliphatic heterocycles. The fourth-order valence-electron chi connectivity index (χ4n) is 6.73. The van der Waals surface area contributed by atoms with Crippen LogP contribution in [0.1, 0.15) is 52.0 Å². The van der Waals surface area contributed by atoms with Gasteiger partial charge in [-0.3, -0.25) is 9.59 Å². The minimum atomic E-state index is -1.36. The van der Waals surface area contributed by atoms with Crippen molar-refractivity contribution in [2.45, 2.75) is 70.6 Å². The van der Waals surface area contributed by atoms with E-state index >= 15 is 0 Å². The lowest BCUT2D eigenvalue weighted by Gasteiger charge is -2.49. The standard InChI is InChI=1S/C28H37NO4/c1-17-9-8-12-21-25(31)19(3)18(2)24-22(15-20-10-6-5-7-11-20)29-26(32)28(21,24)23(30)13-14-27(4,33)16-17/h5-8,10-12,17-18,21-22,24-25,31,33H,3,9,13-16H2,1-2,4H3,(H,29,32)/b12-8+/t17?,18-,21+,22+,24+,25-,27-,28+/m1/s1. The summed E-state index contributed by atoms with van der Waals surface area (Å²) in [5, 5.41) is 25.4. The number of nitrogens with one attached hydrogen (secondary N) is 1. The molecule has 1 spiro atoms. The van der Waals surface area contributed by atoms with E-state index in [9.17, 15) is 19.8 Å². The average molecular weight is 452 g/mol. The van der Waals surface area contributed by atoms with Crippen molar-refractivity contribution in [3.8, 4) is 0 Å². The van der Waals surface area contributed by atoms with Gasteiger partial charge in [0.2, 0.25) is 5.91 Å². The number of amides is 1. The SMILES string of the molecule is C=C1[C@@H](C)[C@H]2[C@H](Cc3ccccc3)NC(=O)[C@@]23C(=O)CC[C@@](C)(O)CC(C)C/C=C/[C@H]3[C@@H]1O. The lowest BCUT2D eigenvalue weighted by atomic mass is 9.51. The summed E-state index contributed by atoms with van der Waals surface area (Å²) in [5.41, 5.74) is -0.561. The van der Waals surface area contributed by atoms with Gasteiger partial charge in [0.15, 0.2) is 0 Å². The zero-order valence-corrected chi connectivity index (χ0v) is 20.0. The van der Waals surface area contributed by atoms with Gasteiger partial charge in [-0.15, -0.1) is 0 Å². The number of aliphatic hydroxyl groups is 2. The third-order valence-electron chi connectivity index (χ3n) is 8.34. The summed E-state index contributed by atoms with van der Waals surface area (Å²) in [6, 6.07) is 9.74. The van der Waals surface area contributed by atoms with E-state index in [0.29, 0.717) is 31.3 Å². The quantitative estimate of drug-likeness (QED) is 0.474. The smallest absolute Gasteiger partial charge is 0.235 e. The van der Waals surface area contributed by atoms with Crippen LogP contribution in [-0.2, 0) is 16.0 Å². The lowest BCUT2D eigenvalue weighted by Crippen LogP contribution is -2.58. The Morgan fingerprint density at radius 1 is 1.18 bits per heavy atom. The van der Waals surface area contributed by atoms with Crippen LogP contribution in [0.2, 0.25) is 0 Å². The monoisotopic (exact) mass is 451 g/mol. The van der Waals surface area contributed by atoms with E-state index in [1.807, 2.05) is 49.4 Å². The number of ketones is 1. The molecule has 5 heteroatoms. The van der Waals surface area contributed by atoms with Crippen molar-refractivity contribution < 1.29 is 19.8 Å². The first kappa shape index (κ1) is 23.9. The Bertz CT molecular complexity index is 952. The van der Waals surface area contributed by atoms with E-state index in [-0.39, 0.29) is 41.9 Å². The molecule has 1 aromatic rings. The number of hydrogen-bond donors (Lipinski definition) is 3. The number of benzene rings is 1. The van der Waals surface area contributed by atoms with Crippen LogP contribution in [0.3, 0.4) is 0 Å². The fourth-order valence-corrected chi connectivity index (χ4v) is 6.73. The Labute approximate surface area is 197 Å². The molecule has 1 saturated heterocycles. The van der Waals surface area contributed by atoms with Gasteiger partial charge in [-0.05, 0) is 55.6 Å². The van der Waals surface area contributed by atoms with E-state index in [4.69, 9.17) is 0 Å². The molecule has 3 N–H and O–H groups in total. The zero-order chi connectivity index (χ0) is 24.0. The molecule has 5 nitrogen and oxygen atoms in total. The van der Waals surface area contributed by atoms with Gasteiger partial charge < -0.3 is 15.5 Å². The predicted octanol–water partition coefficient (Wildman–Crippen LogP) is 3.60.